The van der Waals surface area contributed by atoms with Crippen molar-refractivity contribution in [3.8, 4) is 5.75 Å². The summed E-state index contributed by atoms with van der Waals surface area (Å²) >= 11 is 9.53. The number of hydrogen-bond donors (Lipinski definition) is 1. The lowest BCUT2D eigenvalue weighted by molar-refractivity contribution is -0.111. The maximum absolute atomic E-state index is 13.3. The molecule has 3 aromatic carbocycles. The van der Waals surface area contributed by atoms with Crippen LogP contribution >= 0.6 is 27.5 Å². The summed E-state index contributed by atoms with van der Waals surface area (Å²) in [6.45, 7) is 0. The number of furan rings is 1. The fourth-order valence-corrected chi connectivity index (χ4v) is 3.95. The van der Waals surface area contributed by atoms with Crippen LogP contribution in [0.3, 0.4) is 0 Å². The number of anilines is 1. The van der Waals surface area contributed by atoms with Crippen LogP contribution in [0.4, 0.5) is 5.69 Å². The summed E-state index contributed by atoms with van der Waals surface area (Å²) in [5.74, 6) is -0.136. The number of benzene rings is 3. The van der Waals surface area contributed by atoms with Gasteiger partial charge >= 0.3 is 0 Å². The Hall–Kier alpha value is -3.35. The van der Waals surface area contributed by atoms with Crippen LogP contribution in [0.25, 0.3) is 17.0 Å². The smallest absolute Gasteiger partial charge is 0.248 e. The normalized spacial score (nSPS) is 11.1. The molecule has 0 atom stereocenters. The van der Waals surface area contributed by atoms with Crippen LogP contribution in [-0.4, -0.2) is 18.8 Å². The Kier molecular flexibility index (Phi) is 6.44. The Morgan fingerprint density at radius 1 is 1.06 bits per heavy atom. The molecule has 0 aliphatic rings. The van der Waals surface area contributed by atoms with Crippen LogP contribution < -0.4 is 10.1 Å². The van der Waals surface area contributed by atoms with Crippen molar-refractivity contribution in [2.45, 2.75) is 0 Å². The van der Waals surface area contributed by atoms with Crippen molar-refractivity contribution in [2.75, 3.05) is 12.4 Å². The summed E-state index contributed by atoms with van der Waals surface area (Å²) in [5, 5.41) is 3.95. The SMILES string of the molecule is COc1ccc(C(=O)c2oc3ccccc3c2NC(=O)/C=C/c2ccccc2Cl)cc1Br. The van der Waals surface area contributed by atoms with Gasteiger partial charge in [0, 0.05) is 22.0 Å². The van der Waals surface area contributed by atoms with Gasteiger partial charge in [-0.1, -0.05) is 41.9 Å². The van der Waals surface area contributed by atoms with E-state index in [0.29, 0.717) is 43.0 Å². The molecule has 0 saturated heterocycles. The van der Waals surface area contributed by atoms with Gasteiger partial charge in [-0.15, -0.1) is 0 Å². The van der Waals surface area contributed by atoms with Crippen LogP contribution in [0.15, 0.2) is 81.7 Å². The van der Waals surface area contributed by atoms with Gasteiger partial charge in [-0.3, -0.25) is 9.59 Å². The molecule has 32 heavy (non-hydrogen) atoms. The van der Waals surface area contributed by atoms with Crippen LogP contribution in [0, 0.1) is 0 Å². The first-order valence-electron chi connectivity index (χ1n) is 9.61. The highest BCUT2D eigenvalue weighted by Crippen LogP contribution is 2.34. The summed E-state index contributed by atoms with van der Waals surface area (Å²) in [6.07, 6.45) is 2.98. The Balaban J connectivity index is 1.69. The van der Waals surface area contributed by atoms with Gasteiger partial charge in [-0.25, -0.2) is 0 Å². The van der Waals surface area contributed by atoms with E-state index in [1.54, 1.807) is 61.7 Å². The van der Waals surface area contributed by atoms with E-state index in [1.807, 2.05) is 18.2 Å². The molecule has 0 aliphatic heterocycles. The van der Waals surface area contributed by atoms with Crippen LogP contribution in [0.2, 0.25) is 5.02 Å². The Morgan fingerprint density at radius 3 is 2.56 bits per heavy atom. The minimum Gasteiger partial charge on any atom is -0.496 e. The minimum absolute atomic E-state index is 0.0442. The molecule has 0 radical (unpaired) electrons. The number of carbonyl (C=O) groups excluding carboxylic acids is 2. The number of halogens is 2. The molecule has 0 spiro atoms. The number of hydrogen-bond acceptors (Lipinski definition) is 4. The van der Waals surface area contributed by atoms with Crippen LogP contribution in [-0.2, 0) is 4.79 Å². The summed E-state index contributed by atoms with van der Waals surface area (Å²) in [6, 6.07) is 19.3. The van der Waals surface area contributed by atoms with E-state index in [4.69, 9.17) is 20.8 Å². The fourth-order valence-electron chi connectivity index (χ4n) is 3.21. The molecule has 0 aliphatic carbocycles. The van der Waals surface area contributed by atoms with Crippen LogP contribution in [0.1, 0.15) is 21.7 Å². The highest BCUT2D eigenvalue weighted by Gasteiger charge is 2.23. The molecule has 7 heteroatoms. The summed E-state index contributed by atoms with van der Waals surface area (Å²) in [7, 11) is 1.55. The summed E-state index contributed by atoms with van der Waals surface area (Å²) in [5.41, 5.74) is 1.90. The molecule has 160 valence electrons. The van der Waals surface area contributed by atoms with Crippen molar-refractivity contribution >= 4 is 62.0 Å². The van der Waals surface area contributed by atoms with Gasteiger partial charge in [0.15, 0.2) is 5.76 Å². The van der Waals surface area contributed by atoms with E-state index in [9.17, 15) is 9.59 Å². The van der Waals surface area contributed by atoms with Crippen molar-refractivity contribution in [2.24, 2.45) is 0 Å². The van der Waals surface area contributed by atoms with Crippen molar-refractivity contribution < 1.29 is 18.7 Å². The lowest BCUT2D eigenvalue weighted by Gasteiger charge is -2.07. The number of rotatable bonds is 6. The minimum atomic E-state index is -0.415. The van der Waals surface area contributed by atoms with Crippen LogP contribution in [0.5, 0.6) is 5.75 Å². The summed E-state index contributed by atoms with van der Waals surface area (Å²) in [4.78, 5) is 25.9. The number of para-hydroxylation sites is 1. The van der Waals surface area contributed by atoms with Crippen molar-refractivity contribution in [1.82, 2.24) is 0 Å². The van der Waals surface area contributed by atoms with E-state index in [0.717, 1.165) is 0 Å². The molecule has 0 bridgehead atoms. The third-order valence-electron chi connectivity index (χ3n) is 4.78. The predicted octanol–water partition coefficient (Wildman–Crippen LogP) is 6.74. The highest BCUT2D eigenvalue weighted by molar-refractivity contribution is 9.10. The average Bonchev–Trinajstić information content (AvgIpc) is 3.16. The number of nitrogens with one attached hydrogen (secondary N) is 1. The van der Waals surface area contributed by atoms with Crippen molar-refractivity contribution in [1.29, 1.82) is 0 Å². The van der Waals surface area contributed by atoms with E-state index >= 15 is 0 Å². The largest absolute Gasteiger partial charge is 0.496 e. The lowest BCUT2D eigenvalue weighted by Crippen LogP contribution is -2.11. The quantitative estimate of drug-likeness (QED) is 0.230. The first-order valence-corrected chi connectivity index (χ1v) is 10.8. The zero-order chi connectivity index (χ0) is 22.7. The maximum atomic E-state index is 13.3. The van der Waals surface area contributed by atoms with E-state index in [2.05, 4.69) is 21.2 Å². The standard InChI is InChI=1S/C25H17BrClNO4/c1-31-21-12-10-16(14-18(21)26)24(30)25-23(17-7-3-5-9-20(17)32-25)28-22(29)13-11-15-6-2-4-8-19(15)27/h2-14H,1H3,(H,28,29)/b13-11+. The van der Waals surface area contributed by atoms with Gasteiger partial charge in [0.2, 0.25) is 11.7 Å². The third-order valence-corrected chi connectivity index (χ3v) is 5.75. The third kappa shape index (κ3) is 4.47. The van der Waals surface area contributed by atoms with Gasteiger partial charge in [0.1, 0.15) is 11.3 Å². The highest BCUT2D eigenvalue weighted by atomic mass is 79.9. The van der Waals surface area contributed by atoms with Gasteiger partial charge in [-0.05, 0) is 64.0 Å². The van der Waals surface area contributed by atoms with Gasteiger partial charge in [-0.2, -0.15) is 0 Å². The maximum Gasteiger partial charge on any atom is 0.248 e. The number of carbonyl (C=O) groups is 2. The van der Waals surface area contributed by atoms with Gasteiger partial charge in [0.05, 0.1) is 17.3 Å². The molecule has 1 heterocycles. The molecule has 4 aromatic rings. The Bertz CT molecular complexity index is 1360. The molecular weight excluding hydrogens is 494 g/mol. The Morgan fingerprint density at radius 2 is 1.81 bits per heavy atom. The molecule has 0 unspecified atom stereocenters. The topological polar surface area (TPSA) is 68.5 Å². The second kappa shape index (κ2) is 9.42. The first-order chi connectivity index (χ1) is 15.5. The zero-order valence-electron chi connectivity index (χ0n) is 16.9. The average molecular weight is 511 g/mol. The van der Waals surface area contributed by atoms with Crippen molar-refractivity contribution in [3.05, 3.63) is 99.2 Å². The Labute approximate surface area is 197 Å². The fraction of sp³-hybridized carbons (Fsp3) is 0.0400. The number of amides is 1. The molecule has 0 fully saturated rings. The van der Waals surface area contributed by atoms with Gasteiger partial charge in [0.25, 0.3) is 0 Å². The zero-order valence-corrected chi connectivity index (χ0v) is 19.2. The molecule has 4 rings (SSSR count). The second-order valence-electron chi connectivity index (χ2n) is 6.82. The summed E-state index contributed by atoms with van der Waals surface area (Å²) < 4.78 is 11.7. The van der Waals surface area contributed by atoms with E-state index in [1.165, 1.54) is 6.08 Å². The van der Waals surface area contributed by atoms with Crippen molar-refractivity contribution in [3.63, 3.8) is 0 Å². The number of methoxy groups -OCH3 is 1. The molecule has 5 nitrogen and oxygen atoms in total. The van der Waals surface area contributed by atoms with E-state index in [-0.39, 0.29) is 11.5 Å². The van der Waals surface area contributed by atoms with Gasteiger partial charge < -0.3 is 14.5 Å². The van der Waals surface area contributed by atoms with E-state index < -0.39 is 5.91 Å². The second-order valence-corrected chi connectivity index (χ2v) is 8.09. The first kappa shape index (κ1) is 21.9. The lowest BCUT2D eigenvalue weighted by atomic mass is 10.1. The predicted molar refractivity (Wildman–Crippen MR) is 129 cm³/mol. The molecule has 0 saturated carbocycles. The number of ether oxygens (including phenoxy) is 1. The monoisotopic (exact) mass is 509 g/mol. The molecule has 1 amide bonds. The molecular formula is C25H17BrClNO4. The molecule has 1 N–H and O–H groups in total. The number of fused-ring (bicyclic) bond motifs is 1. The number of ketones is 1. The molecule has 1 aromatic heterocycles.